The number of rotatable bonds is 5. The Bertz CT molecular complexity index is 913. The Kier molecular flexibility index (Phi) is 4.64. The second-order valence-electron chi connectivity index (χ2n) is 5.05. The van der Waals surface area contributed by atoms with Crippen molar-refractivity contribution >= 4 is 11.6 Å². The van der Waals surface area contributed by atoms with Gasteiger partial charge in [0.2, 0.25) is 11.7 Å². The van der Waals surface area contributed by atoms with Gasteiger partial charge in [0.05, 0.1) is 12.8 Å². The van der Waals surface area contributed by atoms with Crippen LogP contribution in [0.4, 0.5) is 14.5 Å². The van der Waals surface area contributed by atoms with E-state index in [0.29, 0.717) is 17.1 Å². The third-order valence-electron chi connectivity index (χ3n) is 3.27. The number of benzene rings is 2. The number of carbonyl (C=O) groups is 1. The predicted molar refractivity (Wildman–Crippen MR) is 84.8 cm³/mol. The number of hydrogen-bond donors (Lipinski definition) is 1. The number of tetrazole rings is 1. The van der Waals surface area contributed by atoms with E-state index in [2.05, 4.69) is 20.7 Å². The standard InChI is InChI=1S/C16H13F2N5O2/c1-25-12-4-2-3-10(7-12)16-20-22-23(21-16)9-15(24)19-14-8-11(17)5-6-13(14)18/h2-8H,9H2,1H3,(H,19,24). The molecule has 25 heavy (non-hydrogen) atoms. The predicted octanol–water partition coefficient (Wildman–Crippen LogP) is 2.27. The van der Waals surface area contributed by atoms with Gasteiger partial charge in [0, 0.05) is 11.6 Å². The summed E-state index contributed by atoms with van der Waals surface area (Å²) in [5.41, 5.74) is 0.417. The maximum Gasteiger partial charge on any atom is 0.248 e. The molecule has 9 heteroatoms. The van der Waals surface area contributed by atoms with Crippen molar-refractivity contribution in [3.8, 4) is 17.1 Å². The van der Waals surface area contributed by atoms with Gasteiger partial charge >= 0.3 is 0 Å². The molecule has 1 N–H and O–H groups in total. The fourth-order valence-corrected chi connectivity index (χ4v) is 2.10. The first kappa shape index (κ1) is 16.5. The lowest BCUT2D eigenvalue weighted by Gasteiger charge is -2.05. The Balaban J connectivity index is 1.70. The number of anilines is 1. The van der Waals surface area contributed by atoms with Crippen LogP contribution in [0, 0.1) is 11.6 Å². The summed E-state index contributed by atoms with van der Waals surface area (Å²) < 4.78 is 31.8. The zero-order chi connectivity index (χ0) is 17.8. The van der Waals surface area contributed by atoms with Crippen LogP contribution >= 0.6 is 0 Å². The molecule has 0 radical (unpaired) electrons. The van der Waals surface area contributed by atoms with Gasteiger partial charge < -0.3 is 10.1 Å². The summed E-state index contributed by atoms with van der Waals surface area (Å²) in [6.45, 7) is -0.299. The average molecular weight is 345 g/mol. The molecule has 0 saturated carbocycles. The number of nitrogens with one attached hydrogen (secondary N) is 1. The molecule has 0 fully saturated rings. The molecule has 1 amide bonds. The molecule has 7 nitrogen and oxygen atoms in total. The van der Waals surface area contributed by atoms with E-state index in [9.17, 15) is 13.6 Å². The van der Waals surface area contributed by atoms with Gasteiger partial charge in [0.15, 0.2) is 0 Å². The summed E-state index contributed by atoms with van der Waals surface area (Å²) in [6, 6.07) is 9.83. The van der Waals surface area contributed by atoms with E-state index in [1.54, 1.807) is 31.4 Å². The highest BCUT2D eigenvalue weighted by Crippen LogP contribution is 2.20. The molecular weight excluding hydrogens is 332 g/mol. The van der Waals surface area contributed by atoms with E-state index < -0.39 is 17.5 Å². The van der Waals surface area contributed by atoms with E-state index in [1.165, 1.54) is 0 Å². The maximum atomic E-state index is 13.5. The lowest BCUT2D eigenvalue weighted by atomic mass is 10.2. The number of aromatic nitrogens is 4. The van der Waals surface area contributed by atoms with Gasteiger partial charge in [0.1, 0.15) is 23.9 Å². The summed E-state index contributed by atoms with van der Waals surface area (Å²) >= 11 is 0. The third-order valence-corrected chi connectivity index (χ3v) is 3.27. The maximum absolute atomic E-state index is 13.5. The van der Waals surface area contributed by atoms with Gasteiger partial charge in [-0.25, -0.2) is 8.78 Å². The fourth-order valence-electron chi connectivity index (χ4n) is 2.10. The van der Waals surface area contributed by atoms with Gasteiger partial charge in [-0.3, -0.25) is 4.79 Å². The number of halogens is 2. The average Bonchev–Trinajstić information content (AvgIpc) is 3.06. The van der Waals surface area contributed by atoms with Crippen molar-refractivity contribution in [3.05, 3.63) is 54.1 Å². The van der Waals surface area contributed by atoms with Crippen LogP contribution in [0.5, 0.6) is 5.75 Å². The van der Waals surface area contributed by atoms with Gasteiger partial charge in [-0.1, -0.05) is 12.1 Å². The lowest BCUT2D eigenvalue weighted by molar-refractivity contribution is -0.117. The Hall–Kier alpha value is -3.36. The first-order chi connectivity index (χ1) is 12.0. The van der Waals surface area contributed by atoms with Crippen molar-refractivity contribution < 1.29 is 18.3 Å². The van der Waals surface area contributed by atoms with E-state index in [-0.39, 0.29) is 12.2 Å². The largest absolute Gasteiger partial charge is 0.497 e. The molecule has 0 bridgehead atoms. The molecule has 1 heterocycles. The molecule has 0 spiro atoms. The van der Waals surface area contributed by atoms with Crippen molar-refractivity contribution in [1.82, 2.24) is 20.2 Å². The molecular formula is C16H13F2N5O2. The molecule has 0 aliphatic carbocycles. The second kappa shape index (κ2) is 7.04. The second-order valence-corrected chi connectivity index (χ2v) is 5.05. The summed E-state index contributed by atoms with van der Waals surface area (Å²) in [5, 5.41) is 14.0. The van der Waals surface area contributed by atoms with Crippen molar-refractivity contribution in [3.63, 3.8) is 0 Å². The van der Waals surface area contributed by atoms with E-state index in [1.807, 2.05) is 0 Å². The van der Waals surface area contributed by atoms with Crippen molar-refractivity contribution in [2.45, 2.75) is 6.54 Å². The van der Waals surface area contributed by atoms with Crippen molar-refractivity contribution in [1.29, 1.82) is 0 Å². The normalized spacial score (nSPS) is 10.5. The van der Waals surface area contributed by atoms with Crippen LogP contribution in [0.1, 0.15) is 0 Å². The highest BCUT2D eigenvalue weighted by atomic mass is 19.1. The Morgan fingerprint density at radius 2 is 2.08 bits per heavy atom. The highest BCUT2D eigenvalue weighted by Gasteiger charge is 2.12. The van der Waals surface area contributed by atoms with Gasteiger partial charge in [-0.05, 0) is 29.5 Å². The Morgan fingerprint density at radius 3 is 2.88 bits per heavy atom. The first-order valence-corrected chi connectivity index (χ1v) is 7.22. The van der Waals surface area contributed by atoms with Gasteiger partial charge in [0.25, 0.3) is 0 Å². The molecule has 3 rings (SSSR count). The number of methoxy groups -OCH3 is 1. The minimum Gasteiger partial charge on any atom is -0.497 e. The number of carbonyl (C=O) groups excluding carboxylic acids is 1. The van der Waals surface area contributed by atoms with Gasteiger partial charge in [-0.2, -0.15) is 4.80 Å². The first-order valence-electron chi connectivity index (χ1n) is 7.22. The minimum absolute atomic E-state index is 0.252. The Morgan fingerprint density at radius 1 is 1.24 bits per heavy atom. The number of hydrogen-bond acceptors (Lipinski definition) is 5. The Labute approximate surface area is 141 Å². The fraction of sp³-hybridized carbons (Fsp3) is 0.125. The highest BCUT2D eigenvalue weighted by molar-refractivity contribution is 5.90. The zero-order valence-electron chi connectivity index (χ0n) is 13.1. The molecule has 0 unspecified atom stereocenters. The topological polar surface area (TPSA) is 81.9 Å². The van der Waals surface area contributed by atoms with Crippen LogP contribution in [-0.4, -0.2) is 33.2 Å². The van der Waals surface area contributed by atoms with Crippen LogP contribution in [0.25, 0.3) is 11.4 Å². The van der Waals surface area contributed by atoms with Crippen LogP contribution in [0.2, 0.25) is 0 Å². The lowest BCUT2D eigenvalue weighted by Crippen LogP contribution is -2.21. The summed E-state index contributed by atoms with van der Waals surface area (Å²) in [7, 11) is 1.54. The van der Waals surface area contributed by atoms with Crippen LogP contribution in [0.3, 0.4) is 0 Å². The summed E-state index contributed by atoms with van der Waals surface area (Å²) in [4.78, 5) is 13.0. The molecule has 128 valence electrons. The quantitative estimate of drug-likeness (QED) is 0.767. The van der Waals surface area contributed by atoms with Crippen LogP contribution in [0.15, 0.2) is 42.5 Å². The molecule has 0 atom stereocenters. The van der Waals surface area contributed by atoms with E-state index >= 15 is 0 Å². The molecule has 0 aliphatic heterocycles. The number of nitrogens with zero attached hydrogens (tertiary/aromatic N) is 4. The summed E-state index contributed by atoms with van der Waals surface area (Å²) in [6.07, 6.45) is 0. The summed E-state index contributed by atoms with van der Waals surface area (Å²) in [5.74, 6) is -1.06. The molecule has 2 aromatic carbocycles. The van der Waals surface area contributed by atoms with E-state index in [4.69, 9.17) is 4.74 Å². The molecule has 0 saturated heterocycles. The molecule has 3 aromatic rings. The molecule has 1 aromatic heterocycles. The number of amides is 1. The SMILES string of the molecule is COc1cccc(-c2nnn(CC(=O)Nc3cc(F)ccc3F)n2)c1. The third kappa shape index (κ3) is 3.94. The smallest absolute Gasteiger partial charge is 0.248 e. The minimum atomic E-state index is -0.738. The van der Waals surface area contributed by atoms with Crippen molar-refractivity contribution in [2.24, 2.45) is 0 Å². The monoisotopic (exact) mass is 345 g/mol. The van der Waals surface area contributed by atoms with E-state index in [0.717, 1.165) is 23.0 Å². The number of ether oxygens (including phenoxy) is 1. The van der Waals surface area contributed by atoms with Gasteiger partial charge in [-0.15, -0.1) is 10.2 Å². The van der Waals surface area contributed by atoms with Crippen LogP contribution < -0.4 is 10.1 Å². The van der Waals surface area contributed by atoms with Crippen LogP contribution in [-0.2, 0) is 11.3 Å². The van der Waals surface area contributed by atoms with Crippen molar-refractivity contribution in [2.75, 3.05) is 12.4 Å². The molecule has 0 aliphatic rings. The zero-order valence-corrected chi connectivity index (χ0v) is 13.1.